The van der Waals surface area contributed by atoms with Crippen LogP contribution in [0, 0.1) is 0 Å². The highest BCUT2D eigenvalue weighted by Gasteiger charge is 2.21. The van der Waals surface area contributed by atoms with Crippen molar-refractivity contribution >= 4 is 10.0 Å². The van der Waals surface area contributed by atoms with Crippen molar-refractivity contribution in [2.75, 3.05) is 0 Å². The summed E-state index contributed by atoms with van der Waals surface area (Å²) in [5.74, 6) is 0.267. The van der Waals surface area contributed by atoms with E-state index in [1.54, 1.807) is 6.92 Å². The van der Waals surface area contributed by atoms with Crippen molar-refractivity contribution in [3.05, 3.63) is 18.1 Å². The molecular weight excluding hydrogens is 234 g/mol. The Labute approximate surface area is 90.7 Å². The highest BCUT2D eigenvalue weighted by molar-refractivity contribution is 7.89. The zero-order chi connectivity index (χ0) is 11.6. The SMILES string of the molecule is CC(NS(=O)(=O)c1ccn[nH]1)c1nn[nH]n1. The van der Waals surface area contributed by atoms with Gasteiger partial charge < -0.3 is 0 Å². The summed E-state index contributed by atoms with van der Waals surface area (Å²) in [7, 11) is -3.63. The van der Waals surface area contributed by atoms with Crippen LogP contribution in [0.1, 0.15) is 18.8 Å². The minimum atomic E-state index is -3.63. The fourth-order valence-corrected chi connectivity index (χ4v) is 2.21. The first-order chi connectivity index (χ1) is 7.59. The number of rotatable bonds is 4. The van der Waals surface area contributed by atoms with Crippen molar-refractivity contribution < 1.29 is 8.42 Å². The number of hydrogen-bond donors (Lipinski definition) is 3. The van der Waals surface area contributed by atoms with Crippen LogP contribution in [-0.4, -0.2) is 39.2 Å². The molecule has 10 heteroatoms. The van der Waals surface area contributed by atoms with E-state index in [2.05, 4.69) is 35.5 Å². The number of aromatic amines is 2. The molecule has 0 aromatic carbocycles. The molecule has 16 heavy (non-hydrogen) atoms. The predicted molar refractivity (Wildman–Crippen MR) is 51.5 cm³/mol. The fraction of sp³-hybridized carbons (Fsp3) is 0.333. The molecule has 0 spiro atoms. The third-order valence-corrected chi connectivity index (χ3v) is 3.32. The summed E-state index contributed by atoms with van der Waals surface area (Å²) in [4.78, 5) is 0. The molecule has 1 atom stereocenters. The summed E-state index contributed by atoms with van der Waals surface area (Å²) in [6.07, 6.45) is 1.35. The molecule has 9 nitrogen and oxygen atoms in total. The number of sulfonamides is 1. The van der Waals surface area contributed by atoms with Gasteiger partial charge in [-0.25, -0.2) is 8.42 Å². The van der Waals surface area contributed by atoms with E-state index in [9.17, 15) is 8.42 Å². The number of nitrogens with one attached hydrogen (secondary N) is 3. The van der Waals surface area contributed by atoms with Crippen molar-refractivity contribution in [2.24, 2.45) is 0 Å². The lowest BCUT2D eigenvalue weighted by Gasteiger charge is -2.08. The third-order valence-electron chi connectivity index (χ3n) is 1.85. The fourth-order valence-electron chi connectivity index (χ4n) is 1.09. The lowest BCUT2D eigenvalue weighted by Crippen LogP contribution is -2.27. The minimum absolute atomic E-state index is 0.0113. The van der Waals surface area contributed by atoms with Gasteiger partial charge in [-0.3, -0.25) is 5.10 Å². The van der Waals surface area contributed by atoms with E-state index in [4.69, 9.17) is 0 Å². The van der Waals surface area contributed by atoms with Crippen LogP contribution < -0.4 is 4.72 Å². The van der Waals surface area contributed by atoms with E-state index in [1.807, 2.05) is 0 Å². The summed E-state index contributed by atoms with van der Waals surface area (Å²) in [5.41, 5.74) is 0. The lowest BCUT2D eigenvalue weighted by atomic mass is 10.4. The second-order valence-electron chi connectivity index (χ2n) is 3.03. The molecule has 0 radical (unpaired) electrons. The highest BCUT2D eigenvalue weighted by Crippen LogP contribution is 2.10. The zero-order valence-electron chi connectivity index (χ0n) is 8.25. The standard InChI is InChI=1S/C6H9N7O2S/c1-4(6-9-12-13-10-6)11-16(14,15)5-2-3-7-8-5/h2-4,11H,1H3,(H,7,8)(H,9,10,12,13). The summed E-state index contributed by atoms with van der Waals surface area (Å²) in [5, 5.41) is 18.9. The maximum Gasteiger partial charge on any atom is 0.258 e. The number of H-pyrrole nitrogens is 2. The number of tetrazole rings is 1. The summed E-state index contributed by atoms with van der Waals surface area (Å²) in [6, 6.07) is 0.776. The van der Waals surface area contributed by atoms with Crippen LogP contribution in [0.25, 0.3) is 0 Å². The Kier molecular flexibility index (Phi) is 2.66. The molecule has 0 aliphatic rings. The van der Waals surface area contributed by atoms with Crippen molar-refractivity contribution in [3.8, 4) is 0 Å². The Balaban J connectivity index is 2.16. The van der Waals surface area contributed by atoms with E-state index >= 15 is 0 Å². The molecule has 2 rings (SSSR count). The van der Waals surface area contributed by atoms with Crippen molar-refractivity contribution in [1.82, 2.24) is 35.5 Å². The predicted octanol–water partition coefficient (Wildman–Crippen LogP) is -1.04. The van der Waals surface area contributed by atoms with Gasteiger partial charge in [-0.1, -0.05) is 5.21 Å². The number of nitrogens with zero attached hydrogens (tertiary/aromatic N) is 4. The van der Waals surface area contributed by atoms with E-state index in [1.165, 1.54) is 12.3 Å². The molecule has 1 unspecified atom stereocenters. The van der Waals surface area contributed by atoms with Crippen molar-refractivity contribution in [2.45, 2.75) is 18.0 Å². The Morgan fingerprint density at radius 2 is 2.31 bits per heavy atom. The topological polar surface area (TPSA) is 129 Å². The maximum absolute atomic E-state index is 11.7. The third kappa shape index (κ3) is 2.06. The van der Waals surface area contributed by atoms with Gasteiger partial charge in [0.05, 0.1) is 12.2 Å². The quantitative estimate of drug-likeness (QED) is 0.629. The number of aromatic nitrogens is 6. The van der Waals surface area contributed by atoms with Crippen molar-refractivity contribution in [1.29, 1.82) is 0 Å². The van der Waals surface area contributed by atoms with Gasteiger partial charge in [-0.15, -0.1) is 10.2 Å². The van der Waals surface area contributed by atoms with Crippen molar-refractivity contribution in [3.63, 3.8) is 0 Å². The smallest absolute Gasteiger partial charge is 0.258 e. The molecule has 86 valence electrons. The first-order valence-corrected chi connectivity index (χ1v) is 5.83. The van der Waals surface area contributed by atoms with E-state index in [-0.39, 0.29) is 10.9 Å². The summed E-state index contributed by atoms with van der Waals surface area (Å²) >= 11 is 0. The van der Waals surface area contributed by atoms with E-state index in [0.29, 0.717) is 0 Å². The maximum atomic E-state index is 11.7. The molecule has 2 aromatic heterocycles. The molecular formula is C6H9N7O2S. The van der Waals surface area contributed by atoms with Gasteiger partial charge in [0.1, 0.15) is 0 Å². The van der Waals surface area contributed by atoms with Gasteiger partial charge >= 0.3 is 0 Å². The Morgan fingerprint density at radius 1 is 1.50 bits per heavy atom. The van der Waals surface area contributed by atoms with E-state index < -0.39 is 16.1 Å². The second kappa shape index (κ2) is 3.98. The second-order valence-corrected chi connectivity index (χ2v) is 4.72. The molecule has 0 aliphatic carbocycles. The Bertz CT molecular complexity index is 531. The molecule has 0 saturated heterocycles. The Morgan fingerprint density at radius 3 is 2.88 bits per heavy atom. The molecule has 0 saturated carbocycles. The van der Waals surface area contributed by atoms with Gasteiger partial charge in [0.15, 0.2) is 10.9 Å². The van der Waals surface area contributed by atoms with Gasteiger partial charge in [-0.2, -0.15) is 15.0 Å². The summed E-state index contributed by atoms with van der Waals surface area (Å²) < 4.78 is 25.8. The first kappa shape index (κ1) is 10.7. The number of hydrogen-bond acceptors (Lipinski definition) is 6. The van der Waals surface area contributed by atoms with E-state index in [0.717, 1.165) is 0 Å². The molecule has 0 aliphatic heterocycles. The average Bonchev–Trinajstić information content (AvgIpc) is 2.91. The van der Waals surface area contributed by atoms with Crippen LogP contribution in [0.3, 0.4) is 0 Å². The molecule has 0 fully saturated rings. The van der Waals surface area contributed by atoms with Crippen LogP contribution in [0.2, 0.25) is 0 Å². The molecule has 0 bridgehead atoms. The van der Waals surface area contributed by atoms with Crippen LogP contribution in [0.5, 0.6) is 0 Å². The monoisotopic (exact) mass is 243 g/mol. The van der Waals surface area contributed by atoms with Crippen LogP contribution in [0.15, 0.2) is 17.3 Å². The molecule has 2 heterocycles. The van der Waals surface area contributed by atoms with Crippen LogP contribution in [-0.2, 0) is 10.0 Å². The van der Waals surface area contributed by atoms with Gasteiger partial charge in [0.2, 0.25) is 0 Å². The molecule has 3 N–H and O–H groups in total. The first-order valence-electron chi connectivity index (χ1n) is 4.34. The van der Waals surface area contributed by atoms with Crippen LogP contribution >= 0.6 is 0 Å². The largest absolute Gasteiger partial charge is 0.266 e. The van der Waals surface area contributed by atoms with Gasteiger partial charge in [0, 0.05) is 0 Å². The molecule has 2 aromatic rings. The van der Waals surface area contributed by atoms with Gasteiger partial charge in [0.25, 0.3) is 10.0 Å². The van der Waals surface area contributed by atoms with Gasteiger partial charge in [-0.05, 0) is 13.0 Å². The normalized spacial score (nSPS) is 13.8. The molecule has 0 amide bonds. The summed E-state index contributed by atoms with van der Waals surface area (Å²) in [6.45, 7) is 1.61. The average molecular weight is 243 g/mol. The highest BCUT2D eigenvalue weighted by atomic mass is 32.2. The lowest BCUT2D eigenvalue weighted by molar-refractivity contribution is 0.556. The zero-order valence-corrected chi connectivity index (χ0v) is 9.06. The minimum Gasteiger partial charge on any atom is -0.266 e. The van der Waals surface area contributed by atoms with Crippen LogP contribution in [0.4, 0.5) is 0 Å². The Hall–Kier alpha value is -1.81.